The molecule has 7 nitrogen and oxygen atoms in total. The van der Waals surface area contributed by atoms with Crippen molar-refractivity contribution in [3.63, 3.8) is 0 Å². The van der Waals surface area contributed by atoms with Gasteiger partial charge in [-0.15, -0.1) is 24.0 Å². The molecular weight excluding hydrogens is 483 g/mol. The standard InChI is InChI=1S/C21H36N4O3.HI/c1-6-28-15-7-13-22-21(24-16-20(26)25(3)4)23-14-12-17(2)18-8-10-19(27-5)11-9-18;/h8-11,17H,6-7,12-16H2,1-5H3,(H2,22,23,24);1H. The van der Waals surface area contributed by atoms with E-state index >= 15 is 0 Å². The van der Waals surface area contributed by atoms with E-state index in [2.05, 4.69) is 34.7 Å². The van der Waals surface area contributed by atoms with Gasteiger partial charge in [0.25, 0.3) is 0 Å². The van der Waals surface area contributed by atoms with Gasteiger partial charge >= 0.3 is 0 Å². The van der Waals surface area contributed by atoms with Crippen LogP contribution in [-0.4, -0.2) is 70.8 Å². The Hall–Kier alpha value is -1.55. The lowest BCUT2D eigenvalue weighted by Crippen LogP contribution is -2.40. The highest BCUT2D eigenvalue weighted by Crippen LogP contribution is 2.21. The van der Waals surface area contributed by atoms with E-state index in [1.165, 1.54) is 5.56 Å². The lowest BCUT2D eigenvalue weighted by atomic mass is 9.98. The summed E-state index contributed by atoms with van der Waals surface area (Å²) in [5.41, 5.74) is 1.27. The molecule has 0 aliphatic heterocycles. The predicted octanol–water partition coefficient (Wildman–Crippen LogP) is 2.86. The molecule has 29 heavy (non-hydrogen) atoms. The quantitative estimate of drug-likeness (QED) is 0.192. The third-order valence-electron chi connectivity index (χ3n) is 4.39. The summed E-state index contributed by atoms with van der Waals surface area (Å²) in [6, 6.07) is 8.17. The summed E-state index contributed by atoms with van der Waals surface area (Å²) < 4.78 is 10.6. The summed E-state index contributed by atoms with van der Waals surface area (Å²) in [5, 5.41) is 6.60. The fourth-order valence-corrected chi connectivity index (χ4v) is 2.49. The van der Waals surface area contributed by atoms with Crippen LogP contribution >= 0.6 is 24.0 Å². The van der Waals surface area contributed by atoms with Crippen LogP contribution in [-0.2, 0) is 9.53 Å². The van der Waals surface area contributed by atoms with Crippen molar-refractivity contribution in [2.45, 2.75) is 32.6 Å². The maximum atomic E-state index is 11.8. The van der Waals surface area contributed by atoms with Gasteiger partial charge in [0.1, 0.15) is 12.3 Å². The average molecular weight is 520 g/mol. The molecule has 1 unspecified atom stereocenters. The van der Waals surface area contributed by atoms with E-state index in [4.69, 9.17) is 9.47 Å². The van der Waals surface area contributed by atoms with Gasteiger partial charge in [-0.1, -0.05) is 19.1 Å². The van der Waals surface area contributed by atoms with Gasteiger partial charge in [-0.25, -0.2) is 4.99 Å². The maximum Gasteiger partial charge on any atom is 0.243 e. The number of likely N-dealkylation sites (N-methyl/N-ethyl adjacent to an activating group) is 1. The number of hydrogen-bond donors (Lipinski definition) is 2. The Bertz CT molecular complexity index is 594. The number of benzene rings is 1. The Balaban J connectivity index is 0.00000784. The minimum Gasteiger partial charge on any atom is -0.497 e. The molecule has 0 fully saturated rings. The van der Waals surface area contributed by atoms with Crippen LogP contribution in [0.3, 0.4) is 0 Å². The molecule has 1 amide bonds. The summed E-state index contributed by atoms with van der Waals surface area (Å²) in [4.78, 5) is 17.8. The smallest absolute Gasteiger partial charge is 0.243 e. The van der Waals surface area contributed by atoms with E-state index in [-0.39, 0.29) is 36.4 Å². The second-order valence-corrected chi connectivity index (χ2v) is 6.82. The van der Waals surface area contributed by atoms with Crippen molar-refractivity contribution in [3.8, 4) is 5.75 Å². The van der Waals surface area contributed by atoms with Crippen molar-refractivity contribution in [2.24, 2.45) is 4.99 Å². The molecule has 0 saturated carbocycles. The molecule has 0 heterocycles. The van der Waals surface area contributed by atoms with Gasteiger partial charge in [0.2, 0.25) is 5.91 Å². The molecule has 2 N–H and O–H groups in total. The number of nitrogens with zero attached hydrogens (tertiary/aromatic N) is 2. The van der Waals surface area contributed by atoms with E-state index < -0.39 is 0 Å². The SMILES string of the molecule is CCOCCCNC(=NCC(=O)N(C)C)NCCC(C)c1ccc(OC)cc1.I. The number of rotatable bonds is 12. The third-order valence-corrected chi connectivity index (χ3v) is 4.39. The number of carbonyl (C=O) groups is 1. The number of halogens is 1. The van der Waals surface area contributed by atoms with Gasteiger partial charge in [-0.2, -0.15) is 0 Å². The van der Waals surface area contributed by atoms with Gasteiger partial charge in [-0.05, 0) is 43.4 Å². The lowest BCUT2D eigenvalue weighted by Gasteiger charge is -2.16. The summed E-state index contributed by atoms with van der Waals surface area (Å²) in [6.45, 7) is 7.25. The minimum atomic E-state index is -0.0259. The first-order valence-electron chi connectivity index (χ1n) is 9.92. The van der Waals surface area contributed by atoms with E-state index in [1.807, 2.05) is 19.1 Å². The molecule has 1 aromatic rings. The number of carbonyl (C=O) groups excluding carboxylic acids is 1. The molecule has 1 rings (SSSR count). The molecule has 8 heteroatoms. The van der Waals surface area contributed by atoms with Crippen molar-refractivity contribution >= 4 is 35.8 Å². The van der Waals surface area contributed by atoms with E-state index in [9.17, 15) is 4.79 Å². The lowest BCUT2D eigenvalue weighted by molar-refractivity contribution is -0.127. The summed E-state index contributed by atoms with van der Waals surface area (Å²) in [5.74, 6) is 1.90. The highest BCUT2D eigenvalue weighted by atomic mass is 127. The number of hydrogen-bond acceptors (Lipinski definition) is 4. The fourth-order valence-electron chi connectivity index (χ4n) is 2.49. The summed E-state index contributed by atoms with van der Waals surface area (Å²) >= 11 is 0. The molecule has 1 aromatic carbocycles. The molecule has 0 aromatic heterocycles. The van der Waals surface area contributed by atoms with E-state index in [1.54, 1.807) is 26.1 Å². The normalized spacial score (nSPS) is 12.0. The van der Waals surface area contributed by atoms with Crippen molar-refractivity contribution < 1.29 is 14.3 Å². The van der Waals surface area contributed by atoms with Gasteiger partial charge < -0.3 is 25.0 Å². The molecule has 0 bridgehead atoms. The molecule has 0 aliphatic carbocycles. The van der Waals surface area contributed by atoms with Crippen LogP contribution in [0.25, 0.3) is 0 Å². The number of aliphatic imine (C=N–C) groups is 1. The largest absolute Gasteiger partial charge is 0.497 e. The van der Waals surface area contributed by atoms with Crippen LogP contribution in [0, 0.1) is 0 Å². The Morgan fingerprint density at radius 1 is 1.17 bits per heavy atom. The highest BCUT2D eigenvalue weighted by Gasteiger charge is 2.08. The van der Waals surface area contributed by atoms with Gasteiger partial charge in [0.05, 0.1) is 7.11 Å². The first kappa shape index (κ1) is 27.5. The van der Waals surface area contributed by atoms with Crippen molar-refractivity contribution in [1.29, 1.82) is 0 Å². The Morgan fingerprint density at radius 2 is 1.83 bits per heavy atom. The van der Waals surface area contributed by atoms with Gasteiger partial charge in [0.15, 0.2) is 5.96 Å². The van der Waals surface area contributed by atoms with E-state index in [0.717, 1.165) is 38.3 Å². The molecule has 0 aliphatic rings. The van der Waals surface area contributed by atoms with Crippen LogP contribution in [0.2, 0.25) is 0 Å². The number of guanidine groups is 1. The Labute approximate surface area is 192 Å². The van der Waals surface area contributed by atoms with Crippen LogP contribution in [0.1, 0.15) is 38.2 Å². The molecule has 1 atom stereocenters. The first-order chi connectivity index (χ1) is 13.5. The van der Waals surface area contributed by atoms with Crippen LogP contribution in [0.5, 0.6) is 5.75 Å². The second-order valence-electron chi connectivity index (χ2n) is 6.82. The topological polar surface area (TPSA) is 75.2 Å². The maximum absolute atomic E-state index is 11.8. The minimum absolute atomic E-state index is 0. The van der Waals surface area contributed by atoms with Crippen LogP contribution in [0.15, 0.2) is 29.3 Å². The van der Waals surface area contributed by atoms with Crippen molar-refractivity contribution in [3.05, 3.63) is 29.8 Å². The van der Waals surface area contributed by atoms with Crippen molar-refractivity contribution in [1.82, 2.24) is 15.5 Å². The highest BCUT2D eigenvalue weighted by molar-refractivity contribution is 14.0. The zero-order valence-corrected chi connectivity index (χ0v) is 20.7. The summed E-state index contributed by atoms with van der Waals surface area (Å²) in [7, 11) is 5.14. The Kier molecular flexibility index (Phi) is 15.4. The van der Waals surface area contributed by atoms with E-state index in [0.29, 0.717) is 18.5 Å². The first-order valence-corrected chi connectivity index (χ1v) is 9.92. The predicted molar refractivity (Wildman–Crippen MR) is 130 cm³/mol. The van der Waals surface area contributed by atoms with Gasteiger partial charge in [0, 0.05) is 40.4 Å². The zero-order valence-electron chi connectivity index (χ0n) is 18.4. The van der Waals surface area contributed by atoms with Crippen LogP contribution < -0.4 is 15.4 Å². The summed E-state index contributed by atoms with van der Waals surface area (Å²) in [6.07, 6.45) is 1.84. The number of amides is 1. The average Bonchev–Trinajstić information content (AvgIpc) is 2.70. The molecule has 0 spiro atoms. The fraction of sp³-hybridized carbons (Fsp3) is 0.619. The number of nitrogens with one attached hydrogen (secondary N) is 2. The molecule has 0 radical (unpaired) electrons. The van der Waals surface area contributed by atoms with Crippen LogP contribution in [0.4, 0.5) is 0 Å². The second kappa shape index (κ2) is 16.3. The number of ether oxygens (including phenoxy) is 2. The van der Waals surface area contributed by atoms with Crippen molar-refractivity contribution in [2.75, 3.05) is 54.1 Å². The third kappa shape index (κ3) is 11.9. The zero-order chi connectivity index (χ0) is 20.8. The number of methoxy groups -OCH3 is 1. The van der Waals surface area contributed by atoms with Gasteiger partial charge in [-0.3, -0.25) is 4.79 Å². The molecule has 166 valence electrons. The Morgan fingerprint density at radius 3 is 2.41 bits per heavy atom. The monoisotopic (exact) mass is 520 g/mol. The molecular formula is C21H37IN4O3. The molecule has 0 saturated heterocycles.